The molecule has 2 N–H and O–H groups in total. The molecule has 4 heteroatoms. The second-order valence-electron chi connectivity index (χ2n) is 3.94. The van der Waals surface area contributed by atoms with Gasteiger partial charge in [0.2, 0.25) is 0 Å². The van der Waals surface area contributed by atoms with Crippen LogP contribution in [0.25, 0.3) is 0 Å². The van der Waals surface area contributed by atoms with Crippen molar-refractivity contribution in [2.75, 3.05) is 26.2 Å². The van der Waals surface area contributed by atoms with Crippen LogP contribution in [0.5, 0.6) is 0 Å². The van der Waals surface area contributed by atoms with Crippen LogP contribution in [0.3, 0.4) is 0 Å². The second kappa shape index (κ2) is 3.54. The van der Waals surface area contributed by atoms with Gasteiger partial charge in [0.1, 0.15) is 0 Å². The van der Waals surface area contributed by atoms with E-state index in [4.69, 9.17) is 0 Å². The van der Waals surface area contributed by atoms with Crippen LogP contribution >= 0.6 is 0 Å². The summed E-state index contributed by atoms with van der Waals surface area (Å²) in [6, 6.07) is 1.13. The third-order valence-electron chi connectivity index (χ3n) is 2.69. The standard InChI is InChI=1S/C9H18N4/c1-7-6-13(8(2)5-12-7)9-10-3-4-11-9/h7-8,12H,3-6H2,1-2H3,(H,10,11). The van der Waals surface area contributed by atoms with Gasteiger partial charge in [-0.3, -0.25) is 4.99 Å². The number of piperazine rings is 1. The Hall–Kier alpha value is -0.770. The van der Waals surface area contributed by atoms with E-state index < -0.39 is 0 Å². The highest BCUT2D eigenvalue weighted by molar-refractivity contribution is 5.81. The lowest BCUT2D eigenvalue weighted by Crippen LogP contribution is -2.58. The molecule has 0 aromatic carbocycles. The molecule has 0 spiro atoms. The lowest BCUT2D eigenvalue weighted by Gasteiger charge is -2.38. The largest absolute Gasteiger partial charge is 0.354 e. The molecule has 13 heavy (non-hydrogen) atoms. The van der Waals surface area contributed by atoms with Crippen LogP contribution < -0.4 is 10.6 Å². The van der Waals surface area contributed by atoms with Crippen LogP contribution in [-0.4, -0.2) is 49.1 Å². The zero-order valence-corrected chi connectivity index (χ0v) is 8.38. The summed E-state index contributed by atoms with van der Waals surface area (Å²) in [5.41, 5.74) is 0. The van der Waals surface area contributed by atoms with Gasteiger partial charge >= 0.3 is 0 Å². The summed E-state index contributed by atoms with van der Waals surface area (Å²) in [6.07, 6.45) is 0. The van der Waals surface area contributed by atoms with E-state index in [0.29, 0.717) is 12.1 Å². The average molecular weight is 182 g/mol. The van der Waals surface area contributed by atoms with E-state index in [2.05, 4.69) is 34.4 Å². The summed E-state index contributed by atoms with van der Waals surface area (Å²) in [4.78, 5) is 6.82. The molecule has 0 bridgehead atoms. The lowest BCUT2D eigenvalue weighted by molar-refractivity contribution is 0.230. The van der Waals surface area contributed by atoms with E-state index in [0.717, 1.165) is 32.1 Å². The molecule has 0 aromatic heterocycles. The number of nitrogens with zero attached hydrogens (tertiary/aromatic N) is 2. The molecule has 0 amide bonds. The van der Waals surface area contributed by atoms with Crippen molar-refractivity contribution in [3.8, 4) is 0 Å². The third-order valence-corrected chi connectivity index (χ3v) is 2.69. The van der Waals surface area contributed by atoms with E-state index in [9.17, 15) is 0 Å². The molecule has 0 aromatic rings. The number of hydrogen-bond acceptors (Lipinski definition) is 4. The van der Waals surface area contributed by atoms with Crippen LogP contribution in [0, 0.1) is 0 Å². The molecule has 2 aliphatic rings. The van der Waals surface area contributed by atoms with Crippen molar-refractivity contribution < 1.29 is 0 Å². The van der Waals surface area contributed by atoms with Gasteiger partial charge in [0, 0.05) is 31.7 Å². The quantitative estimate of drug-likeness (QED) is 0.537. The minimum absolute atomic E-state index is 0.556. The van der Waals surface area contributed by atoms with Gasteiger partial charge in [-0.15, -0.1) is 0 Å². The van der Waals surface area contributed by atoms with Crippen molar-refractivity contribution in [3.05, 3.63) is 0 Å². The predicted molar refractivity (Wildman–Crippen MR) is 53.9 cm³/mol. The van der Waals surface area contributed by atoms with Crippen LogP contribution in [-0.2, 0) is 0 Å². The lowest BCUT2D eigenvalue weighted by atomic mass is 10.1. The van der Waals surface area contributed by atoms with Crippen molar-refractivity contribution in [1.82, 2.24) is 15.5 Å². The van der Waals surface area contributed by atoms with Crippen LogP contribution in [0.15, 0.2) is 4.99 Å². The van der Waals surface area contributed by atoms with Gasteiger partial charge in [0.15, 0.2) is 5.96 Å². The average Bonchev–Trinajstić information content (AvgIpc) is 2.61. The topological polar surface area (TPSA) is 39.7 Å². The Morgan fingerprint density at radius 3 is 3.00 bits per heavy atom. The fraction of sp³-hybridized carbons (Fsp3) is 0.889. The SMILES string of the molecule is CC1CN(C2=NCCN2)C(C)CN1. The van der Waals surface area contributed by atoms with Gasteiger partial charge in [0.25, 0.3) is 0 Å². The Morgan fingerprint density at radius 2 is 2.31 bits per heavy atom. The summed E-state index contributed by atoms with van der Waals surface area (Å²) in [5.74, 6) is 1.10. The Morgan fingerprint density at radius 1 is 1.46 bits per heavy atom. The number of hydrogen-bond donors (Lipinski definition) is 2. The maximum absolute atomic E-state index is 4.45. The molecular weight excluding hydrogens is 164 g/mol. The Balaban J connectivity index is 2.02. The summed E-state index contributed by atoms with van der Waals surface area (Å²) in [6.45, 7) is 8.51. The molecule has 4 nitrogen and oxygen atoms in total. The van der Waals surface area contributed by atoms with Crippen molar-refractivity contribution in [1.29, 1.82) is 0 Å². The van der Waals surface area contributed by atoms with Gasteiger partial charge in [-0.2, -0.15) is 0 Å². The molecule has 0 aliphatic carbocycles. The normalized spacial score (nSPS) is 34.3. The fourth-order valence-electron chi connectivity index (χ4n) is 1.89. The number of aliphatic imine (C=N–C) groups is 1. The molecule has 0 radical (unpaired) electrons. The highest BCUT2D eigenvalue weighted by atomic mass is 15.4. The van der Waals surface area contributed by atoms with Crippen LogP contribution in [0.2, 0.25) is 0 Å². The Labute approximate surface area is 79.4 Å². The molecular formula is C9H18N4. The van der Waals surface area contributed by atoms with Gasteiger partial charge < -0.3 is 15.5 Å². The molecule has 2 rings (SSSR count). The van der Waals surface area contributed by atoms with E-state index in [1.165, 1.54) is 0 Å². The van der Waals surface area contributed by atoms with Gasteiger partial charge in [-0.05, 0) is 13.8 Å². The van der Waals surface area contributed by atoms with E-state index >= 15 is 0 Å². The zero-order valence-electron chi connectivity index (χ0n) is 8.38. The van der Waals surface area contributed by atoms with Gasteiger partial charge in [-0.1, -0.05) is 0 Å². The first-order valence-electron chi connectivity index (χ1n) is 5.05. The Bertz CT molecular complexity index is 214. The van der Waals surface area contributed by atoms with Crippen LogP contribution in [0.1, 0.15) is 13.8 Å². The molecule has 2 aliphatic heterocycles. The highest BCUT2D eigenvalue weighted by Gasteiger charge is 2.25. The first-order chi connectivity index (χ1) is 6.27. The molecule has 2 atom stereocenters. The first kappa shape index (κ1) is 8.81. The summed E-state index contributed by atoms with van der Waals surface area (Å²) in [5, 5.41) is 6.79. The molecule has 1 saturated heterocycles. The number of guanidine groups is 1. The maximum atomic E-state index is 4.45. The monoisotopic (exact) mass is 182 g/mol. The second-order valence-corrected chi connectivity index (χ2v) is 3.94. The first-order valence-corrected chi connectivity index (χ1v) is 5.05. The maximum Gasteiger partial charge on any atom is 0.194 e. The predicted octanol–water partition coefficient (Wildman–Crippen LogP) is -0.372. The molecule has 2 heterocycles. The van der Waals surface area contributed by atoms with E-state index in [-0.39, 0.29) is 0 Å². The highest BCUT2D eigenvalue weighted by Crippen LogP contribution is 2.08. The van der Waals surface area contributed by atoms with E-state index in [1.807, 2.05) is 0 Å². The Kier molecular flexibility index (Phi) is 2.40. The van der Waals surface area contributed by atoms with Crippen LogP contribution in [0.4, 0.5) is 0 Å². The van der Waals surface area contributed by atoms with Crippen molar-refractivity contribution in [2.24, 2.45) is 4.99 Å². The van der Waals surface area contributed by atoms with Gasteiger partial charge in [-0.25, -0.2) is 0 Å². The van der Waals surface area contributed by atoms with Crippen molar-refractivity contribution >= 4 is 5.96 Å². The summed E-state index contributed by atoms with van der Waals surface area (Å²) in [7, 11) is 0. The summed E-state index contributed by atoms with van der Waals surface area (Å²) >= 11 is 0. The molecule has 74 valence electrons. The van der Waals surface area contributed by atoms with E-state index in [1.54, 1.807) is 0 Å². The van der Waals surface area contributed by atoms with Crippen molar-refractivity contribution in [2.45, 2.75) is 25.9 Å². The zero-order chi connectivity index (χ0) is 9.26. The number of rotatable bonds is 0. The minimum Gasteiger partial charge on any atom is -0.354 e. The molecule has 2 unspecified atom stereocenters. The third kappa shape index (κ3) is 1.77. The molecule has 1 fully saturated rings. The smallest absolute Gasteiger partial charge is 0.194 e. The van der Waals surface area contributed by atoms with Crippen molar-refractivity contribution in [3.63, 3.8) is 0 Å². The fourth-order valence-corrected chi connectivity index (χ4v) is 1.89. The van der Waals surface area contributed by atoms with Gasteiger partial charge in [0.05, 0.1) is 6.54 Å². The molecule has 0 saturated carbocycles. The summed E-state index contributed by atoms with van der Waals surface area (Å²) < 4.78 is 0. The minimum atomic E-state index is 0.556. The number of nitrogens with one attached hydrogen (secondary N) is 2.